The van der Waals surface area contributed by atoms with Gasteiger partial charge >= 0.3 is 0 Å². The normalized spacial score (nSPS) is 24.5. The van der Waals surface area contributed by atoms with Crippen LogP contribution in [-0.2, 0) is 11.3 Å². The van der Waals surface area contributed by atoms with E-state index in [1.54, 1.807) is 10.5 Å². The zero-order valence-electron chi connectivity index (χ0n) is 15.7. The van der Waals surface area contributed by atoms with Gasteiger partial charge in [0.1, 0.15) is 0 Å². The highest BCUT2D eigenvalue weighted by atomic mass is 32.1. The minimum Gasteiger partial charge on any atom is -0.340 e. The maximum absolute atomic E-state index is 13.1. The highest BCUT2D eigenvalue weighted by Gasteiger charge is 2.48. The van der Waals surface area contributed by atoms with Crippen molar-refractivity contribution in [1.29, 1.82) is 0 Å². The number of hydrogen-bond acceptors (Lipinski definition) is 5. The minimum absolute atomic E-state index is 0.0250. The molecule has 26 heavy (non-hydrogen) atoms. The fourth-order valence-electron chi connectivity index (χ4n) is 4.43. The summed E-state index contributed by atoms with van der Waals surface area (Å²) in [4.78, 5) is 36.2. The zero-order valence-corrected chi connectivity index (χ0v) is 16.5. The molecule has 1 atom stereocenters. The number of carbonyl (C=O) groups excluding carboxylic acids is 1. The largest absolute Gasteiger partial charge is 0.340 e. The number of piperidine rings is 1. The Bertz CT molecular complexity index is 903. The number of carbonyl (C=O) groups is 1. The van der Waals surface area contributed by atoms with Crippen LogP contribution in [0.2, 0.25) is 0 Å². The third kappa shape index (κ3) is 2.97. The SMILES string of the molecule is Cc1cn2c(=O)cc(CN3CC[C@@]4(CCCN(C(C)C)C4=O)C3)nc2s1. The molecule has 0 saturated carbocycles. The van der Waals surface area contributed by atoms with E-state index in [4.69, 9.17) is 0 Å². The van der Waals surface area contributed by atoms with Crippen molar-refractivity contribution in [1.82, 2.24) is 19.2 Å². The van der Waals surface area contributed by atoms with E-state index in [9.17, 15) is 9.59 Å². The molecule has 1 amide bonds. The molecule has 0 aliphatic carbocycles. The van der Waals surface area contributed by atoms with E-state index in [1.165, 1.54) is 11.3 Å². The summed E-state index contributed by atoms with van der Waals surface area (Å²) < 4.78 is 1.61. The van der Waals surface area contributed by atoms with Crippen LogP contribution in [0.25, 0.3) is 4.96 Å². The molecule has 0 aromatic carbocycles. The molecular formula is C19H26N4O2S. The average Bonchev–Trinajstić information content (AvgIpc) is 3.14. The van der Waals surface area contributed by atoms with Crippen molar-refractivity contribution >= 4 is 22.2 Å². The van der Waals surface area contributed by atoms with Gasteiger partial charge in [0.25, 0.3) is 5.56 Å². The van der Waals surface area contributed by atoms with E-state index in [1.807, 2.05) is 18.0 Å². The molecule has 0 bridgehead atoms. The summed E-state index contributed by atoms with van der Waals surface area (Å²) in [5.41, 5.74) is 0.544. The van der Waals surface area contributed by atoms with Gasteiger partial charge < -0.3 is 4.90 Å². The van der Waals surface area contributed by atoms with Gasteiger partial charge in [0.15, 0.2) is 4.96 Å². The first kappa shape index (κ1) is 17.7. The highest BCUT2D eigenvalue weighted by molar-refractivity contribution is 7.16. The summed E-state index contributed by atoms with van der Waals surface area (Å²) in [6.07, 6.45) is 4.81. The Hall–Kier alpha value is -1.73. The lowest BCUT2D eigenvalue weighted by molar-refractivity contribution is -0.147. The molecule has 2 aliphatic rings. The van der Waals surface area contributed by atoms with Gasteiger partial charge in [-0.05, 0) is 46.6 Å². The number of rotatable bonds is 3. The molecule has 0 radical (unpaired) electrons. The summed E-state index contributed by atoms with van der Waals surface area (Å²) >= 11 is 1.54. The number of likely N-dealkylation sites (tertiary alicyclic amines) is 2. The second-order valence-corrected chi connectivity index (χ2v) is 9.23. The number of aryl methyl sites for hydroxylation is 1. The molecule has 1 spiro atoms. The highest BCUT2D eigenvalue weighted by Crippen LogP contribution is 2.41. The van der Waals surface area contributed by atoms with Crippen LogP contribution in [0, 0.1) is 12.3 Å². The van der Waals surface area contributed by atoms with Gasteiger partial charge in [0.05, 0.1) is 11.1 Å². The second kappa shape index (κ2) is 6.46. The monoisotopic (exact) mass is 374 g/mol. The summed E-state index contributed by atoms with van der Waals surface area (Å²) in [6, 6.07) is 1.90. The van der Waals surface area contributed by atoms with Crippen LogP contribution < -0.4 is 5.56 Å². The predicted molar refractivity (Wildman–Crippen MR) is 102 cm³/mol. The molecule has 6 nitrogen and oxygen atoms in total. The lowest BCUT2D eigenvalue weighted by Gasteiger charge is -2.41. The molecule has 2 aromatic heterocycles. The van der Waals surface area contributed by atoms with Crippen molar-refractivity contribution in [3.63, 3.8) is 0 Å². The van der Waals surface area contributed by atoms with Crippen molar-refractivity contribution < 1.29 is 4.79 Å². The van der Waals surface area contributed by atoms with Gasteiger partial charge in [-0.25, -0.2) is 4.98 Å². The Balaban J connectivity index is 1.53. The van der Waals surface area contributed by atoms with Crippen LogP contribution in [0.1, 0.15) is 43.7 Å². The van der Waals surface area contributed by atoms with Crippen molar-refractivity contribution in [3.8, 4) is 0 Å². The van der Waals surface area contributed by atoms with Crippen molar-refractivity contribution in [2.45, 2.75) is 52.6 Å². The number of hydrogen-bond donors (Lipinski definition) is 0. The first-order valence-corrected chi connectivity index (χ1v) is 10.2. The summed E-state index contributed by atoms with van der Waals surface area (Å²) in [6.45, 7) is 9.36. The fourth-order valence-corrected chi connectivity index (χ4v) is 5.28. The number of thiazole rings is 1. The molecule has 140 valence electrons. The predicted octanol–water partition coefficient (Wildman–Crippen LogP) is 2.29. The zero-order chi connectivity index (χ0) is 18.5. The van der Waals surface area contributed by atoms with Crippen LogP contribution in [-0.4, -0.2) is 50.8 Å². The Morgan fingerprint density at radius 3 is 2.85 bits per heavy atom. The van der Waals surface area contributed by atoms with E-state index in [0.717, 1.165) is 54.4 Å². The first-order valence-electron chi connectivity index (χ1n) is 9.40. The number of aromatic nitrogens is 2. The van der Waals surface area contributed by atoms with Crippen LogP contribution in [0.4, 0.5) is 0 Å². The van der Waals surface area contributed by atoms with E-state index < -0.39 is 0 Å². The Kier molecular flexibility index (Phi) is 4.39. The Labute approximate surface area is 157 Å². The maximum Gasteiger partial charge on any atom is 0.258 e. The Morgan fingerprint density at radius 1 is 1.27 bits per heavy atom. The quantitative estimate of drug-likeness (QED) is 0.827. The topological polar surface area (TPSA) is 57.9 Å². The molecule has 2 aromatic rings. The lowest BCUT2D eigenvalue weighted by Crippen LogP contribution is -2.52. The molecule has 7 heteroatoms. The van der Waals surface area contributed by atoms with Crippen LogP contribution >= 0.6 is 11.3 Å². The smallest absolute Gasteiger partial charge is 0.258 e. The molecule has 0 unspecified atom stereocenters. The minimum atomic E-state index is -0.235. The molecule has 4 heterocycles. The number of fused-ring (bicyclic) bond motifs is 1. The molecule has 2 aliphatic heterocycles. The maximum atomic E-state index is 13.1. The van der Waals surface area contributed by atoms with E-state index in [-0.39, 0.29) is 17.0 Å². The second-order valence-electron chi connectivity index (χ2n) is 8.02. The number of nitrogens with zero attached hydrogens (tertiary/aromatic N) is 4. The lowest BCUT2D eigenvalue weighted by atomic mass is 9.78. The molecule has 4 rings (SSSR count). The summed E-state index contributed by atoms with van der Waals surface area (Å²) in [5.74, 6) is 0.318. The van der Waals surface area contributed by atoms with Crippen molar-refractivity contribution in [2.24, 2.45) is 5.41 Å². The number of amides is 1. The summed E-state index contributed by atoms with van der Waals surface area (Å²) in [7, 11) is 0. The average molecular weight is 375 g/mol. The van der Waals surface area contributed by atoms with Crippen molar-refractivity contribution in [3.05, 3.63) is 33.2 Å². The third-order valence-corrected chi connectivity index (χ3v) is 6.64. The standard InChI is InChI=1S/C19H26N4O2S/c1-13(2)22-7-4-5-19(17(22)25)6-8-21(12-19)11-15-9-16(24)23-10-14(3)26-18(23)20-15/h9-10,13H,4-8,11-12H2,1-3H3/t19-/m0/s1. The Morgan fingerprint density at radius 2 is 2.08 bits per heavy atom. The van der Waals surface area contributed by atoms with E-state index >= 15 is 0 Å². The third-order valence-electron chi connectivity index (χ3n) is 5.75. The van der Waals surface area contributed by atoms with Gasteiger partial charge in [-0.1, -0.05) is 0 Å². The molecular weight excluding hydrogens is 348 g/mol. The van der Waals surface area contributed by atoms with Gasteiger partial charge in [-0.2, -0.15) is 0 Å². The summed E-state index contributed by atoms with van der Waals surface area (Å²) in [5, 5.41) is 0. The first-order chi connectivity index (χ1) is 12.4. The molecule has 0 N–H and O–H groups in total. The van der Waals surface area contributed by atoms with E-state index in [0.29, 0.717) is 12.5 Å². The van der Waals surface area contributed by atoms with Crippen LogP contribution in [0.5, 0.6) is 0 Å². The van der Waals surface area contributed by atoms with Crippen LogP contribution in [0.15, 0.2) is 17.1 Å². The molecule has 2 saturated heterocycles. The van der Waals surface area contributed by atoms with Gasteiger partial charge in [0.2, 0.25) is 5.91 Å². The van der Waals surface area contributed by atoms with Gasteiger partial charge in [-0.15, -0.1) is 11.3 Å². The fraction of sp³-hybridized carbons (Fsp3) is 0.632. The van der Waals surface area contributed by atoms with Crippen LogP contribution in [0.3, 0.4) is 0 Å². The van der Waals surface area contributed by atoms with E-state index in [2.05, 4.69) is 23.7 Å². The molecule has 2 fully saturated rings. The van der Waals surface area contributed by atoms with Crippen molar-refractivity contribution in [2.75, 3.05) is 19.6 Å². The van der Waals surface area contributed by atoms with Gasteiger partial charge in [-0.3, -0.25) is 18.9 Å². The van der Waals surface area contributed by atoms with Gasteiger partial charge in [0, 0.05) is 42.8 Å².